The summed E-state index contributed by atoms with van der Waals surface area (Å²) in [6, 6.07) is 8.67. The van der Waals surface area contributed by atoms with Gasteiger partial charge < -0.3 is 4.74 Å². The molecule has 0 spiro atoms. The molecule has 90 valence electrons. The van der Waals surface area contributed by atoms with Gasteiger partial charge in [-0.3, -0.25) is 0 Å². The summed E-state index contributed by atoms with van der Waals surface area (Å²) in [7, 11) is 0. The normalized spacial score (nSPS) is 11.8. The topological polar surface area (TPSA) is 22.1 Å². The standard InChI is InChI=1S/C11H7F3INO/c12-11(13,14)6-17-9-5-4-7-2-1-3-8(15)10(7)16-9/h1-5H,6H2. The average Bonchev–Trinajstić information content (AvgIpc) is 2.26. The molecule has 0 aliphatic heterocycles. The molecule has 0 saturated carbocycles. The Hall–Kier alpha value is -1.05. The van der Waals surface area contributed by atoms with Crippen molar-refractivity contribution in [3.05, 3.63) is 33.9 Å². The monoisotopic (exact) mass is 353 g/mol. The Morgan fingerprint density at radius 1 is 1.18 bits per heavy atom. The fraction of sp³-hybridized carbons (Fsp3) is 0.182. The van der Waals surface area contributed by atoms with Crippen molar-refractivity contribution in [2.75, 3.05) is 6.61 Å². The number of ether oxygens (including phenoxy) is 1. The third-order valence-electron chi connectivity index (χ3n) is 2.03. The molecular formula is C11H7F3INO. The van der Waals surface area contributed by atoms with E-state index in [9.17, 15) is 13.2 Å². The molecule has 1 aromatic heterocycles. The second-order valence-electron chi connectivity index (χ2n) is 3.36. The van der Waals surface area contributed by atoms with Gasteiger partial charge in [-0.15, -0.1) is 0 Å². The maximum Gasteiger partial charge on any atom is 0.422 e. The molecule has 0 unspecified atom stereocenters. The number of alkyl halides is 3. The quantitative estimate of drug-likeness (QED) is 0.767. The summed E-state index contributed by atoms with van der Waals surface area (Å²) in [4.78, 5) is 4.05. The van der Waals surface area contributed by atoms with Gasteiger partial charge in [-0.25, -0.2) is 4.98 Å². The summed E-state index contributed by atoms with van der Waals surface area (Å²) in [5.74, 6) is -0.0149. The Labute approximate surface area is 109 Å². The van der Waals surface area contributed by atoms with Gasteiger partial charge in [0.25, 0.3) is 0 Å². The van der Waals surface area contributed by atoms with Gasteiger partial charge in [-0.2, -0.15) is 13.2 Å². The molecule has 0 aliphatic rings. The van der Waals surface area contributed by atoms with Crippen LogP contribution in [0.15, 0.2) is 30.3 Å². The van der Waals surface area contributed by atoms with Gasteiger partial charge in [-0.05, 0) is 34.7 Å². The molecule has 0 bridgehead atoms. The molecule has 0 atom stereocenters. The summed E-state index contributed by atoms with van der Waals surface area (Å²) < 4.78 is 41.4. The van der Waals surface area contributed by atoms with Crippen LogP contribution in [0.5, 0.6) is 5.88 Å². The van der Waals surface area contributed by atoms with E-state index < -0.39 is 12.8 Å². The molecule has 2 aromatic rings. The molecule has 1 heterocycles. The van der Waals surface area contributed by atoms with E-state index in [2.05, 4.69) is 32.3 Å². The molecule has 2 rings (SSSR count). The van der Waals surface area contributed by atoms with Crippen LogP contribution in [0.1, 0.15) is 0 Å². The van der Waals surface area contributed by atoms with Crippen LogP contribution in [0, 0.1) is 3.57 Å². The maximum absolute atomic E-state index is 12.0. The molecule has 2 nitrogen and oxygen atoms in total. The first-order valence-corrected chi connectivity index (χ1v) is 5.78. The van der Waals surface area contributed by atoms with E-state index in [1.807, 2.05) is 18.2 Å². The maximum atomic E-state index is 12.0. The number of aromatic nitrogens is 1. The summed E-state index contributed by atoms with van der Waals surface area (Å²) in [6.45, 7) is -1.32. The first-order chi connectivity index (χ1) is 7.96. The van der Waals surface area contributed by atoms with E-state index >= 15 is 0 Å². The predicted octanol–water partition coefficient (Wildman–Crippen LogP) is 3.78. The highest BCUT2D eigenvalue weighted by Gasteiger charge is 2.28. The van der Waals surface area contributed by atoms with E-state index in [4.69, 9.17) is 0 Å². The number of benzene rings is 1. The van der Waals surface area contributed by atoms with Gasteiger partial charge >= 0.3 is 6.18 Å². The number of para-hydroxylation sites is 1. The van der Waals surface area contributed by atoms with Crippen LogP contribution in [0.4, 0.5) is 13.2 Å². The second kappa shape index (κ2) is 4.67. The Bertz CT molecular complexity index is 542. The van der Waals surface area contributed by atoms with Gasteiger partial charge in [0.1, 0.15) is 0 Å². The zero-order valence-corrected chi connectivity index (χ0v) is 10.6. The fourth-order valence-electron chi connectivity index (χ4n) is 1.33. The van der Waals surface area contributed by atoms with Crippen molar-refractivity contribution < 1.29 is 17.9 Å². The molecule has 1 aromatic carbocycles. The first kappa shape index (κ1) is 12.4. The molecule has 6 heteroatoms. The number of pyridine rings is 1. The molecule has 0 aliphatic carbocycles. The van der Waals surface area contributed by atoms with Crippen molar-refractivity contribution in [1.82, 2.24) is 4.98 Å². The Morgan fingerprint density at radius 3 is 2.65 bits per heavy atom. The van der Waals surface area contributed by atoms with Gasteiger partial charge in [0.2, 0.25) is 5.88 Å². The first-order valence-electron chi connectivity index (χ1n) is 4.70. The Morgan fingerprint density at radius 2 is 1.94 bits per heavy atom. The van der Waals surface area contributed by atoms with Crippen molar-refractivity contribution >= 4 is 33.5 Å². The molecule has 17 heavy (non-hydrogen) atoms. The van der Waals surface area contributed by atoms with Crippen molar-refractivity contribution in [2.45, 2.75) is 6.18 Å². The number of hydrogen-bond acceptors (Lipinski definition) is 2. The molecule has 0 fully saturated rings. The zero-order valence-electron chi connectivity index (χ0n) is 8.46. The minimum Gasteiger partial charge on any atom is -0.468 e. The van der Waals surface area contributed by atoms with E-state index in [1.54, 1.807) is 6.07 Å². The fourth-order valence-corrected chi connectivity index (χ4v) is 1.97. The largest absolute Gasteiger partial charge is 0.468 e. The van der Waals surface area contributed by atoms with E-state index in [1.165, 1.54) is 6.07 Å². The molecule has 0 amide bonds. The SMILES string of the molecule is FC(F)(F)COc1ccc2cccc(I)c2n1. The van der Waals surface area contributed by atoms with Crippen molar-refractivity contribution in [2.24, 2.45) is 0 Å². The lowest BCUT2D eigenvalue weighted by Gasteiger charge is -2.09. The molecule has 0 N–H and O–H groups in total. The third kappa shape index (κ3) is 3.21. The van der Waals surface area contributed by atoms with Gasteiger partial charge in [-0.1, -0.05) is 12.1 Å². The van der Waals surface area contributed by atoms with Crippen LogP contribution in [0.3, 0.4) is 0 Å². The minimum atomic E-state index is -4.35. The summed E-state index contributed by atoms with van der Waals surface area (Å²) in [6.07, 6.45) is -4.35. The van der Waals surface area contributed by atoms with Crippen LogP contribution < -0.4 is 4.74 Å². The molecular weight excluding hydrogens is 346 g/mol. The average molecular weight is 353 g/mol. The van der Waals surface area contributed by atoms with E-state index in [0.717, 1.165) is 8.96 Å². The molecule has 0 radical (unpaired) electrons. The van der Waals surface area contributed by atoms with Crippen molar-refractivity contribution in [3.8, 4) is 5.88 Å². The minimum absolute atomic E-state index is 0.0149. The van der Waals surface area contributed by atoms with Gasteiger partial charge in [0.15, 0.2) is 6.61 Å². The Kier molecular flexibility index (Phi) is 3.41. The highest BCUT2D eigenvalue weighted by atomic mass is 127. The number of nitrogens with zero attached hydrogens (tertiary/aromatic N) is 1. The lowest BCUT2D eigenvalue weighted by Crippen LogP contribution is -2.19. The van der Waals surface area contributed by atoms with Crippen LogP contribution in [0.2, 0.25) is 0 Å². The Balaban J connectivity index is 2.28. The lowest BCUT2D eigenvalue weighted by atomic mass is 10.2. The van der Waals surface area contributed by atoms with Crippen LogP contribution in [0.25, 0.3) is 10.9 Å². The summed E-state index contributed by atoms with van der Waals surface area (Å²) >= 11 is 2.08. The third-order valence-corrected chi connectivity index (χ3v) is 2.90. The number of halogens is 4. The van der Waals surface area contributed by atoms with Crippen LogP contribution in [-0.4, -0.2) is 17.8 Å². The van der Waals surface area contributed by atoms with Gasteiger partial charge in [0, 0.05) is 15.0 Å². The number of fused-ring (bicyclic) bond motifs is 1. The van der Waals surface area contributed by atoms with Crippen LogP contribution >= 0.6 is 22.6 Å². The highest BCUT2D eigenvalue weighted by Crippen LogP contribution is 2.23. The second-order valence-corrected chi connectivity index (χ2v) is 4.53. The number of rotatable bonds is 2. The summed E-state index contributed by atoms with van der Waals surface area (Å²) in [5.41, 5.74) is 0.646. The van der Waals surface area contributed by atoms with E-state index in [0.29, 0.717) is 5.52 Å². The highest BCUT2D eigenvalue weighted by molar-refractivity contribution is 14.1. The lowest BCUT2D eigenvalue weighted by molar-refractivity contribution is -0.154. The number of hydrogen-bond donors (Lipinski definition) is 0. The van der Waals surface area contributed by atoms with Gasteiger partial charge in [0.05, 0.1) is 5.52 Å². The van der Waals surface area contributed by atoms with E-state index in [-0.39, 0.29) is 5.88 Å². The smallest absolute Gasteiger partial charge is 0.422 e. The van der Waals surface area contributed by atoms with Crippen molar-refractivity contribution in [1.29, 1.82) is 0 Å². The zero-order chi connectivity index (χ0) is 12.5. The molecule has 0 saturated heterocycles. The van der Waals surface area contributed by atoms with Crippen LogP contribution in [-0.2, 0) is 0 Å². The van der Waals surface area contributed by atoms with Crippen molar-refractivity contribution in [3.63, 3.8) is 0 Å². The predicted molar refractivity (Wildman–Crippen MR) is 66.0 cm³/mol. The summed E-state index contributed by atoms with van der Waals surface area (Å²) in [5, 5.41) is 0.872.